The van der Waals surface area contributed by atoms with Gasteiger partial charge in [-0.3, -0.25) is 0 Å². The normalized spacial score (nSPS) is 32.2. The fraction of sp³-hybridized carbons (Fsp3) is 0.667. The van der Waals surface area contributed by atoms with Gasteiger partial charge in [0, 0.05) is 0 Å². The Labute approximate surface area is 189 Å². The number of alkyl halides is 2. The van der Waals surface area contributed by atoms with Gasteiger partial charge in [-0.05, 0) is 0 Å². The molecule has 5 nitrogen and oxygen atoms in total. The number of halogens is 1. The molecule has 166 valence electrons. The van der Waals surface area contributed by atoms with Crippen LogP contribution in [0.1, 0.15) is 86.7 Å². The van der Waals surface area contributed by atoms with E-state index in [1.165, 1.54) is 19.3 Å². The van der Waals surface area contributed by atoms with Crippen LogP contribution in [-0.2, 0) is 16.6 Å². The Morgan fingerprint density at radius 3 is 2.70 bits per heavy atom. The molecule has 0 saturated heterocycles. The maximum atomic E-state index is 12.7. The van der Waals surface area contributed by atoms with E-state index in [1.807, 2.05) is 6.07 Å². The Balaban J connectivity index is 1.87. The van der Waals surface area contributed by atoms with Crippen LogP contribution in [0.2, 0.25) is 0 Å². The van der Waals surface area contributed by atoms with E-state index in [2.05, 4.69) is 13.8 Å². The van der Waals surface area contributed by atoms with Gasteiger partial charge >= 0.3 is 189 Å². The first kappa shape index (κ1) is 22.1. The van der Waals surface area contributed by atoms with Gasteiger partial charge in [0.2, 0.25) is 0 Å². The topological polar surface area (TPSA) is 101 Å². The third-order valence-electron chi connectivity index (χ3n) is 7.87. The second-order valence-corrected chi connectivity index (χ2v) is 13.7. The summed E-state index contributed by atoms with van der Waals surface area (Å²) in [6.07, 6.45) is 7.11. The fourth-order valence-electron chi connectivity index (χ4n) is 6.05. The molecule has 0 aromatic heterocycles. The average molecular weight is 526 g/mol. The van der Waals surface area contributed by atoms with Gasteiger partial charge in [-0.2, -0.15) is 0 Å². The van der Waals surface area contributed by atoms with Gasteiger partial charge in [0.05, 0.1) is 0 Å². The van der Waals surface area contributed by atoms with Gasteiger partial charge in [-0.15, -0.1) is 0 Å². The molecular weight excluding hydrogens is 493 g/mol. The number of primary amides is 1. The molecule has 4 rings (SSSR count). The SMILES string of the molecule is CCCC12CC(=O)CCC1(O)C([I-][C@@H](C)C1CCC1)Cc1ccc(C(N)=O)c(O)c12. The predicted octanol–water partition coefficient (Wildman–Crippen LogP) is 0.215. The molecule has 2 fully saturated rings. The summed E-state index contributed by atoms with van der Waals surface area (Å²) < 4.78 is 0.793. The van der Waals surface area contributed by atoms with Gasteiger partial charge in [0.15, 0.2) is 0 Å². The molecule has 1 aromatic rings. The van der Waals surface area contributed by atoms with Crippen molar-refractivity contribution in [2.24, 2.45) is 11.7 Å². The van der Waals surface area contributed by atoms with Crippen LogP contribution in [0.25, 0.3) is 0 Å². The third-order valence-corrected chi connectivity index (χ3v) is 12.4. The average Bonchev–Trinajstić information content (AvgIpc) is 2.62. The number of aromatic hydroxyl groups is 1. The van der Waals surface area contributed by atoms with Crippen molar-refractivity contribution in [3.05, 3.63) is 28.8 Å². The zero-order chi connectivity index (χ0) is 21.7. The molecule has 0 radical (unpaired) electrons. The van der Waals surface area contributed by atoms with Gasteiger partial charge in [0.25, 0.3) is 0 Å². The van der Waals surface area contributed by atoms with Crippen LogP contribution in [-0.4, -0.2) is 35.4 Å². The first-order chi connectivity index (χ1) is 14.2. The van der Waals surface area contributed by atoms with Crippen LogP contribution >= 0.6 is 0 Å². The molecule has 2 saturated carbocycles. The first-order valence-corrected chi connectivity index (χ1v) is 13.7. The van der Waals surface area contributed by atoms with Crippen molar-refractivity contribution >= 4 is 11.7 Å². The van der Waals surface area contributed by atoms with Crippen molar-refractivity contribution in [1.29, 1.82) is 0 Å². The summed E-state index contributed by atoms with van der Waals surface area (Å²) in [7, 11) is 0. The summed E-state index contributed by atoms with van der Waals surface area (Å²) >= 11 is -0.300. The molecule has 30 heavy (non-hydrogen) atoms. The number of phenols is 1. The summed E-state index contributed by atoms with van der Waals surface area (Å²) in [5, 5.41) is 23.4. The molecule has 1 aromatic carbocycles. The van der Waals surface area contributed by atoms with Gasteiger partial charge in [-0.1, -0.05) is 0 Å². The van der Waals surface area contributed by atoms with E-state index >= 15 is 0 Å². The molecule has 3 unspecified atom stereocenters. The number of aliphatic hydroxyl groups is 1. The summed E-state index contributed by atoms with van der Waals surface area (Å²) in [6.45, 7) is 4.40. The number of benzene rings is 1. The summed E-state index contributed by atoms with van der Waals surface area (Å²) in [5.41, 5.74) is 5.36. The molecule has 3 aliphatic rings. The molecule has 4 N–H and O–H groups in total. The molecule has 1 amide bonds. The number of fused-ring (bicyclic) bond motifs is 3. The zero-order valence-corrected chi connectivity index (χ0v) is 20.1. The number of ketones is 1. The molecule has 0 heterocycles. The summed E-state index contributed by atoms with van der Waals surface area (Å²) in [6, 6.07) is 3.51. The van der Waals surface area contributed by atoms with Crippen LogP contribution in [0.15, 0.2) is 12.1 Å². The number of nitrogens with two attached hydrogens (primary N) is 1. The molecule has 6 heteroatoms. The number of carbonyl (C=O) groups excluding carboxylic acids is 2. The van der Waals surface area contributed by atoms with Crippen molar-refractivity contribution in [3.63, 3.8) is 0 Å². The van der Waals surface area contributed by atoms with E-state index in [-0.39, 0.29) is 48.6 Å². The van der Waals surface area contributed by atoms with Crippen molar-refractivity contribution < 1.29 is 41.0 Å². The number of hydrogen-bond acceptors (Lipinski definition) is 4. The van der Waals surface area contributed by atoms with Crippen molar-refractivity contribution in [1.82, 2.24) is 0 Å². The maximum absolute atomic E-state index is 12.7. The van der Waals surface area contributed by atoms with Crippen molar-refractivity contribution in [2.75, 3.05) is 0 Å². The Hall–Kier alpha value is -1.15. The summed E-state index contributed by atoms with van der Waals surface area (Å²) in [4.78, 5) is 24.6. The minimum atomic E-state index is -1.01. The van der Waals surface area contributed by atoms with E-state index in [9.17, 15) is 19.8 Å². The van der Waals surface area contributed by atoms with E-state index in [0.29, 0.717) is 35.2 Å². The van der Waals surface area contributed by atoms with Crippen LogP contribution in [0.5, 0.6) is 5.75 Å². The van der Waals surface area contributed by atoms with Gasteiger partial charge < -0.3 is 0 Å². The fourth-order valence-corrected chi connectivity index (χ4v) is 11.0. The van der Waals surface area contributed by atoms with Crippen LogP contribution < -0.4 is 26.9 Å². The van der Waals surface area contributed by atoms with E-state index in [1.54, 1.807) is 6.07 Å². The Morgan fingerprint density at radius 1 is 1.37 bits per heavy atom. The van der Waals surface area contributed by atoms with Crippen LogP contribution in [0.3, 0.4) is 0 Å². The molecule has 3 aliphatic carbocycles. The number of hydrogen-bond donors (Lipinski definition) is 3. The second-order valence-electron chi connectivity index (χ2n) is 9.50. The van der Waals surface area contributed by atoms with Gasteiger partial charge in [-0.25, -0.2) is 0 Å². The second kappa shape index (κ2) is 8.08. The zero-order valence-electron chi connectivity index (χ0n) is 17.9. The Morgan fingerprint density at radius 2 is 2.10 bits per heavy atom. The number of rotatable bonds is 6. The monoisotopic (exact) mass is 526 g/mol. The van der Waals surface area contributed by atoms with Crippen LogP contribution in [0, 0.1) is 5.92 Å². The number of Topliss-reactive ketones (excluding diaryl/α,β-unsaturated/α-hetero) is 1. The number of carbonyl (C=O) groups is 2. The molecule has 0 aliphatic heterocycles. The standard InChI is InChI=1S/C24H33INO4/c1-3-10-23-13-17(27)9-11-24(23,30)19(25-14(2)15-5-4-6-15)12-16-7-8-18(22(26)29)21(28)20(16)23/h7-8,14-15,19,28,30H,3-6,9-13H2,1-2H3,(H2,26,29)/q-1/t14-,19?,23?,24?/m0/s1. The Bertz CT molecular complexity index is 867. The molecular formula is C24H33INO4-. The van der Waals surface area contributed by atoms with E-state index in [4.69, 9.17) is 5.73 Å². The quantitative estimate of drug-likeness (QED) is 0.365. The molecule has 0 spiro atoms. The predicted molar refractivity (Wildman–Crippen MR) is 111 cm³/mol. The van der Waals surface area contributed by atoms with Crippen molar-refractivity contribution in [3.8, 4) is 5.75 Å². The van der Waals surface area contributed by atoms with Crippen molar-refractivity contribution in [2.45, 2.75) is 90.5 Å². The first-order valence-electron chi connectivity index (χ1n) is 11.2. The van der Waals surface area contributed by atoms with Crippen LogP contribution in [0.4, 0.5) is 0 Å². The Kier molecular flexibility index (Phi) is 5.94. The number of amides is 1. The molecule has 4 atom stereocenters. The third kappa shape index (κ3) is 3.29. The van der Waals surface area contributed by atoms with E-state index < -0.39 is 16.9 Å². The van der Waals surface area contributed by atoms with E-state index in [0.717, 1.165) is 17.9 Å². The summed E-state index contributed by atoms with van der Waals surface area (Å²) in [5.74, 6) is 0.110. The minimum absolute atomic E-state index is 0.0839. The van der Waals surface area contributed by atoms with Gasteiger partial charge in [0.1, 0.15) is 0 Å². The molecule has 0 bridgehead atoms.